The van der Waals surface area contributed by atoms with E-state index in [1.54, 1.807) is 0 Å². The van der Waals surface area contributed by atoms with Crippen LogP contribution in [0.5, 0.6) is 0 Å². The minimum absolute atomic E-state index is 0.147. The molecule has 2 aliphatic rings. The second kappa shape index (κ2) is 5.28. The Morgan fingerprint density at radius 3 is 2.84 bits per heavy atom. The summed E-state index contributed by atoms with van der Waals surface area (Å²) in [5.41, 5.74) is 3.65. The number of carbonyl (C=O) groups excluding carboxylic acids is 1. The van der Waals surface area contributed by atoms with Gasteiger partial charge in [0.05, 0.1) is 0 Å². The predicted molar refractivity (Wildman–Crippen MR) is 81.6 cm³/mol. The number of hydrogen-bond donors (Lipinski definition) is 1. The van der Waals surface area contributed by atoms with Gasteiger partial charge in [0, 0.05) is 16.9 Å². The van der Waals surface area contributed by atoms with Crippen LogP contribution in [-0.2, 0) is 11.2 Å². The van der Waals surface area contributed by atoms with E-state index in [0.717, 1.165) is 24.4 Å². The van der Waals surface area contributed by atoms with Crippen molar-refractivity contribution in [3.05, 3.63) is 29.3 Å². The van der Waals surface area contributed by atoms with Gasteiger partial charge >= 0.3 is 0 Å². The first kappa shape index (κ1) is 13.2. The number of anilines is 1. The van der Waals surface area contributed by atoms with Crippen molar-refractivity contribution in [2.45, 2.75) is 43.9 Å². The van der Waals surface area contributed by atoms with E-state index in [2.05, 4.69) is 46.4 Å². The molecule has 1 aromatic rings. The Hall–Kier alpha value is -0.830. The van der Waals surface area contributed by atoms with Gasteiger partial charge in [0.1, 0.15) is 0 Å². The van der Waals surface area contributed by atoms with E-state index < -0.39 is 0 Å². The number of nitrogens with one attached hydrogen (secondary N) is 1. The highest BCUT2D eigenvalue weighted by Crippen LogP contribution is 2.46. The van der Waals surface area contributed by atoms with Crippen molar-refractivity contribution in [3.8, 4) is 0 Å². The number of halogens is 1. The van der Waals surface area contributed by atoms with Crippen molar-refractivity contribution in [2.75, 3.05) is 5.32 Å². The summed E-state index contributed by atoms with van der Waals surface area (Å²) in [6.45, 7) is 2.34. The normalized spacial score (nSPS) is 22.1. The first-order chi connectivity index (χ1) is 9.15. The highest BCUT2D eigenvalue weighted by atomic mass is 79.9. The molecule has 0 radical (unpaired) electrons. The van der Waals surface area contributed by atoms with Crippen LogP contribution in [0.3, 0.4) is 0 Å². The summed E-state index contributed by atoms with van der Waals surface area (Å²) in [4.78, 5) is 12.0. The lowest BCUT2D eigenvalue weighted by Crippen LogP contribution is -2.10. The molecule has 1 saturated carbocycles. The molecule has 1 amide bonds. The Balaban J connectivity index is 1.83. The van der Waals surface area contributed by atoms with Gasteiger partial charge in [0.2, 0.25) is 5.91 Å². The van der Waals surface area contributed by atoms with Gasteiger partial charge in [0.15, 0.2) is 0 Å². The third-order valence-electron chi connectivity index (χ3n) is 4.40. The minimum Gasteiger partial charge on any atom is -0.326 e. The number of amides is 1. The Kier molecular flexibility index (Phi) is 3.66. The summed E-state index contributed by atoms with van der Waals surface area (Å²) < 4.78 is 0. The molecule has 1 heterocycles. The summed E-state index contributed by atoms with van der Waals surface area (Å²) in [7, 11) is 0. The third-order valence-corrected chi connectivity index (χ3v) is 5.76. The number of benzene rings is 1. The molecule has 0 spiro atoms. The molecule has 2 unspecified atom stereocenters. The average molecular weight is 322 g/mol. The van der Waals surface area contributed by atoms with Crippen LogP contribution in [0.15, 0.2) is 18.2 Å². The van der Waals surface area contributed by atoms with Gasteiger partial charge in [-0.2, -0.15) is 0 Å². The van der Waals surface area contributed by atoms with E-state index >= 15 is 0 Å². The number of alkyl halides is 1. The van der Waals surface area contributed by atoms with Crippen LogP contribution in [-0.4, -0.2) is 5.91 Å². The third kappa shape index (κ3) is 2.86. The van der Waals surface area contributed by atoms with Gasteiger partial charge in [-0.05, 0) is 54.7 Å². The topological polar surface area (TPSA) is 29.1 Å². The molecule has 1 N–H and O–H groups in total. The van der Waals surface area contributed by atoms with Crippen molar-refractivity contribution in [1.29, 1.82) is 0 Å². The summed E-state index contributed by atoms with van der Waals surface area (Å²) in [5, 5.41) is 3.00. The molecule has 0 aromatic heterocycles. The van der Waals surface area contributed by atoms with E-state index in [9.17, 15) is 4.79 Å². The van der Waals surface area contributed by atoms with Gasteiger partial charge < -0.3 is 5.32 Å². The Morgan fingerprint density at radius 1 is 1.32 bits per heavy atom. The fraction of sp³-hybridized carbons (Fsp3) is 0.562. The van der Waals surface area contributed by atoms with Crippen molar-refractivity contribution in [2.24, 2.45) is 11.8 Å². The molecule has 1 fully saturated rings. The van der Waals surface area contributed by atoms with Gasteiger partial charge in [-0.15, -0.1) is 0 Å². The Bertz CT molecular complexity index is 496. The maximum Gasteiger partial charge on any atom is 0.224 e. The van der Waals surface area contributed by atoms with Crippen molar-refractivity contribution in [3.63, 3.8) is 0 Å². The van der Waals surface area contributed by atoms with E-state index in [-0.39, 0.29) is 5.91 Å². The van der Waals surface area contributed by atoms with Crippen molar-refractivity contribution in [1.82, 2.24) is 0 Å². The second-order valence-corrected chi connectivity index (χ2v) is 6.90. The molecule has 2 atom stereocenters. The summed E-state index contributed by atoms with van der Waals surface area (Å²) in [6, 6.07) is 6.50. The van der Waals surface area contributed by atoms with E-state index in [4.69, 9.17) is 0 Å². The molecule has 2 nitrogen and oxygen atoms in total. The SMILES string of the molecule is CC(C1CC1)C(Br)c1ccc2c(c1)CCCC(=O)N2. The lowest BCUT2D eigenvalue weighted by Gasteiger charge is -2.19. The van der Waals surface area contributed by atoms with Gasteiger partial charge in [-0.25, -0.2) is 0 Å². The molecule has 19 heavy (non-hydrogen) atoms. The van der Waals surface area contributed by atoms with Crippen LogP contribution in [0.25, 0.3) is 0 Å². The molecule has 1 aliphatic heterocycles. The maximum atomic E-state index is 11.6. The van der Waals surface area contributed by atoms with Crippen LogP contribution < -0.4 is 5.32 Å². The summed E-state index contributed by atoms with van der Waals surface area (Å²) in [5.74, 6) is 1.73. The molecular formula is C16H20BrNO. The van der Waals surface area contributed by atoms with Gasteiger partial charge in [0.25, 0.3) is 0 Å². The van der Waals surface area contributed by atoms with E-state index in [1.165, 1.54) is 24.0 Å². The molecular weight excluding hydrogens is 302 g/mol. The smallest absolute Gasteiger partial charge is 0.224 e. The zero-order valence-corrected chi connectivity index (χ0v) is 12.9. The molecule has 0 bridgehead atoms. The molecule has 1 aliphatic carbocycles. The average Bonchev–Trinajstić information content (AvgIpc) is 3.23. The number of fused-ring (bicyclic) bond motifs is 1. The lowest BCUT2D eigenvalue weighted by molar-refractivity contribution is -0.116. The number of aryl methyl sites for hydroxylation is 1. The van der Waals surface area contributed by atoms with Crippen LogP contribution in [0.2, 0.25) is 0 Å². The summed E-state index contributed by atoms with van der Waals surface area (Å²) >= 11 is 3.86. The largest absolute Gasteiger partial charge is 0.326 e. The lowest BCUT2D eigenvalue weighted by atomic mass is 9.94. The zero-order chi connectivity index (χ0) is 13.4. The van der Waals surface area contributed by atoms with Crippen molar-refractivity contribution < 1.29 is 4.79 Å². The number of rotatable bonds is 3. The van der Waals surface area contributed by atoms with Gasteiger partial charge in [-0.3, -0.25) is 4.79 Å². The zero-order valence-electron chi connectivity index (χ0n) is 11.3. The first-order valence-corrected chi connectivity index (χ1v) is 8.13. The van der Waals surface area contributed by atoms with Crippen LogP contribution in [0.1, 0.15) is 48.6 Å². The predicted octanol–water partition coefficient (Wildman–Crippen LogP) is 4.44. The molecule has 3 heteroatoms. The van der Waals surface area contributed by atoms with Crippen LogP contribution in [0, 0.1) is 11.8 Å². The quantitative estimate of drug-likeness (QED) is 0.819. The fourth-order valence-electron chi connectivity index (χ4n) is 2.93. The Morgan fingerprint density at radius 2 is 2.11 bits per heavy atom. The first-order valence-electron chi connectivity index (χ1n) is 7.22. The highest BCUT2D eigenvalue weighted by molar-refractivity contribution is 9.09. The second-order valence-electron chi connectivity index (χ2n) is 5.92. The summed E-state index contributed by atoms with van der Waals surface area (Å²) in [6.07, 6.45) is 5.35. The minimum atomic E-state index is 0.147. The molecule has 102 valence electrons. The monoisotopic (exact) mass is 321 g/mol. The van der Waals surface area contributed by atoms with Crippen LogP contribution >= 0.6 is 15.9 Å². The standard InChI is InChI=1S/C16H20BrNO/c1-10(11-5-6-11)16(17)13-7-8-14-12(9-13)3-2-4-15(19)18-14/h7-11,16H,2-6H2,1H3,(H,18,19). The molecule has 3 rings (SSSR count). The fourth-order valence-corrected chi connectivity index (χ4v) is 3.65. The van der Waals surface area contributed by atoms with Crippen molar-refractivity contribution >= 4 is 27.5 Å². The number of carbonyl (C=O) groups is 1. The number of hydrogen-bond acceptors (Lipinski definition) is 1. The van der Waals surface area contributed by atoms with Crippen LogP contribution in [0.4, 0.5) is 5.69 Å². The van der Waals surface area contributed by atoms with E-state index in [0.29, 0.717) is 17.2 Å². The Labute approximate surface area is 123 Å². The van der Waals surface area contributed by atoms with E-state index in [1.807, 2.05) is 0 Å². The molecule has 0 saturated heterocycles. The maximum absolute atomic E-state index is 11.6. The van der Waals surface area contributed by atoms with Gasteiger partial charge in [-0.1, -0.05) is 35.0 Å². The molecule has 1 aromatic carbocycles. The highest BCUT2D eigenvalue weighted by Gasteiger charge is 2.33.